The van der Waals surface area contributed by atoms with Crippen LogP contribution in [0.15, 0.2) is 24.3 Å². The number of anilines is 1. The highest BCUT2D eigenvalue weighted by Gasteiger charge is 2.32. The first-order valence-electron chi connectivity index (χ1n) is 6.52. The van der Waals surface area contributed by atoms with Crippen LogP contribution in [0.4, 0.5) is 5.95 Å². The van der Waals surface area contributed by atoms with Crippen molar-refractivity contribution >= 4 is 39.8 Å². The number of hydrogen-bond donors (Lipinski definition) is 1. The van der Waals surface area contributed by atoms with E-state index in [1.165, 1.54) is 11.8 Å². The molecule has 0 bridgehead atoms. The molecule has 1 saturated heterocycles. The number of fused-ring (bicyclic) bond motifs is 1. The third kappa shape index (κ3) is 2.56. The van der Waals surface area contributed by atoms with E-state index >= 15 is 0 Å². The maximum absolute atomic E-state index is 12.1. The van der Waals surface area contributed by atoms with Crippen molar-refractivity contribution in [3.05, 3.63) is 24.3 Å². The Morgan fingerprint density at radius 1 is 1.50 bits per heavy atom. The predicted molar refractivity (Wildman–Crippen MR) is 79.7 cm³/mol. The van der Waals surface area contributed by atoms with E-state index in [4.69, 9.17) is 0 Å². The van der Waals surface area contributed by atoms with Gasteiger partial charge in [-0.2, -0.15) is 0 Å². The second-order valence-corrected chi connectivity index (χ2v) is 6.15. The number of nitrogens with zero attached hydrogens (tertiary/aromatic N) is 2. The molecule has 1 aromatic heterocycles. The van der Waals surface area contributed by atoms with Crippen LogP contribution in [0.25, 0.3) is 11.0 Å². The summed E-state index contributed by atoms with van der Waals surface area (Å²) in [6.45, 7) is 2.18. The fraction of sp³-hybridized carbons (Fsp3) is 0.357. The molecule has 0 radical (unpaired) electrons. The number of carbonyl (C=O) groups is 2. The Hall–Kier alpha value is -1.82. The lowest BCUT2D eigenvalue weighted by atomic mass is 10.1. The minimum absolute atomic E-state index is 0.0678. The topological polar surface area (TPSA) is 66.1 Å². The fourth-order valence-electron chi connectivity index (χ4n) is 2.40. The lowest BCUT2D eigenvalue weighted by Gasteiger charge is -2.12. The van der Waals surface area contributed by atoms with Crippen LogP contribution in [0.1, 0.15) is 13.3 Å². The molecule has 1 atom stereocenters. The number of aromatic amines is 1. The molecule has 1 fully saturated rings. The maximum Gasteiger partial charge on any atom is 0.229 e. The molecule has 20 heavy (non-hydrogen) atoms. The normalized spacial score (nSPS) is 18.9. The molecule has 1 aromatic carbocycles. The van der Waals surface area contributed by atoms with Gasteiger partial charge in [-0.05, 0) is 18.1 Å². The highest BCUT2D eigenvalue weighted by Crippen LogP contribution is 2.27. The smallest absolute Gasteiger partial charge is 0.229 e. The van der Waals surface area contributed by atoms with E-state index in [-0.39, 0.29) is 16.9 Å². The molecule has 0 saturated carbocycles. The molecule has 3 rings (SSSR count). The van der Waals surface area contributed by atoms with Gasteiger partial charge in [-0.25, -0.2) is 4.98 Å². The Morgan fingerprint density at radius 2 is 2.30 bits per heavy atom. The fourth-order valence-corrected chi connectivity index (χ4v) is 3.09. The zero-order valence-electron chi connectivity index (χ0n) is 11.1. The second kappa shape index (κ2) is 5.28. The van der Waals surface area contributed by atoms with Crippen molar-refractivity contribution in [3.8, 4) is 0 Å². The van der Waals surface area contributed by atoms with Crippen LogP contribution in [0.5, 0.6) is 0 Å². The van der Waals surface area contributed by atoms with E-state index in [1.807, 2.05) is 24.3 Å². The van der Waals surface area contributed by atoms with Crippen molar-refractivity contribution in [1.82, 2.24) is 9.97 Å². The summed E-state index contributed by atoms with van der Waals surface area (Å²) in [7, 11) is 0. The van der Waals surface area contributed by atoms with E-state index in [9.17, 15) is 9.59 Å². The van der Waals surface area contributed by atoms with Gasteiger partial charge in [0.05, 0.1) is 11.0 Å². The first-order valence-corrected chi connectivity index (χ1v) is 7.50. The number of aromatic nitrogens is 2. The summed E-state index contributed by atoms with van der Waals surface area (Å²) in [5, 5.41) is 0.0969. The number of rotatable bonds is 3. The van der Waals surface area contributed by atoms with Gasteiger partial charge in [-0.1, -0.05) is 23.9 Å². The lowest BCUT2D eigenvalue weighted by molar-refractivity contribution is -0.117. The van der Waals surface area contributed by atoms with Crippen molar-refractivity contribution in [2.75, 3.05) is 17.2 Å². The molecule has 2 heterocycles. The van der Waals surface area contributed by atoms with Crippen LogP contribution in [-0.2, 0) is 9.59 Å². The second-order valence-electron chi connectivity index (χ2n) is 4.95. The Kier molecular flexibility index (Phi) is 3.48. The van der Waals surface area contributed by atoms with Crippen LogP contribution in [-0.4, -0.2) is 33.3 Å². The highest BCUT2D eigenvalue weighted by atomic mass is 32.2. The molecule has 2 aromatic rings. The molecule has 1 N–H and O–H groups in total. The van der Waals surface area contributed by atoms with E-state index < -0.39 is 0 Å². The van der Waals surface area contributed by atoms with Gasteiger partial charge in [0.1, 0.15) is 0 Å². The minimum Gasteiger partial charge on any atom is -0.324 e. The maximum atomic E-state index is 12.1. The van der Waals surface area contributed by atoms with Crippen molar-refractivity contribution in [1.29, 1.82) is 0 Å². The first-order chi connectivity index (χ1) is 9.63. The Bertz CT molecular complexity index is 634. The molecular formula is C14H15N3O2S. The van der Waals surface area contributed by atoms with Crippen LogP contribution in [0.3, 0.4) is 0 Å². The predicted octanol–water partition coefficient (Wildman–Crippen LogP) is 2.20. The summed E-state index contributed by atoms with van der Waals surface area (Å²) >= 11 is 1.28. The molecule has 1 amide bonds. The molecule has 5 nitrogen and oxygen atoms in total. The van der Waals surface area contributed by atoms with E-state index in [0.717, 1.165) is 11.0 Å². The van der Waals surface area contributed by atoms with Gasteiger partial charge in [0, 0.05) is 25.6 Å². The summed E-state index contributed by atoms with van der Waals surface area (Å²) < 4.78 is 0. The Morgan fingerprint density at radius 3 is 3.05 bits per heavy atom. The van der Waals surface area contributed by atoms with E-state index in [2.05, 4.69) is 9.97 Å². The van der Waals surface area contributed by atoms with Gasteiger partial charge in [-0.3, -0.25) is 14.5 Å². The number of benzene rings is 1. The Balaban J connectivity index is 1.76. The molecule has 104 valence electrons. The first kappa shape index (κ1) is 13.2. The van der Waals surface area contributed by atoms with Gasteiger partial charge < -0.3 is 4.98 Å². The van der Waals surface area contributed by atoms with Crippen molar-refractivity contribution in [2.24, 2.45) is 5.92 Å². The monoisotopic (exact) mass is 289 g/mol. The largest absolute Gasteiger partial charge is 0.324 e. The molecule has 1 unspecified atom stereocenters. The van der Waals surface area contributed by atoms with E-state index in [1.54, 1.807) is 11.8 Å². The van der Waals surface area contributed by atoms with Crippen molar-refractivity contribution < 1.29 is 9.59 Å². The van der Waals surface area contributed by atoms with Crippen LogP contribution in [0, 0.1) is 5.92 Å². The third-order valence-corrected chi connectivity index (χ3v) is 4.40. The number of hydrogen-bond acceptors (Lipinski definition) is 4. The van der Waals surface area contributed by atoms with Gasteiger partial charge >= 0.3 is 0 Å². The molecule has 1 aliphatic rings. The summed E-state index contributed by atoms with van der Waals surface area (Å²) in [6, 6.07) is 7.71. The SMILES string of the molecule is CC(=O)SCC1CC(=O)N(c2nc3ccccc3[nH]2)C1. The van der Waals surface area contributed by atoms with Crippen LogP contribution < -0.4 is 4.90 Å². The van der Waals surface area contributed by atoms with Gasteiger partial charge in [0.15, 0.2) is 5.12 Å². The average molecular weight is 289 g/mol. The zero-order chi connectivity index (χ0) is 14.1. The Labute approximate surface area is 120 Å². The van der Waals surface area contributed by atoms with Gasteiger partial charge in [-0.15, -0.1) is 0 Å². The minimum atomic E-state index is 0.0678. The van der Waals surface area contributed by atoms with Gasteiger partial charge in [0.2, 0.25) is 11.9 Å². The molecule has 0 aliphatic carbocycles. The lowest BCUT2D eigenvalue weighted by Crippen LogP contribution is -2.25. The number of amides is 1. The number of nitrogens with one attached hydrogen (secondary N) is 1. The molecule has 6 heteroatoms. The number of carbonyl (C=O) groups excluding carboxylic acids is 2. The molecule has 0 spiro atoms. The summed E-state index contributed by atoms with van der Waals surface area (Å²) in [6.07, 6.45) is 0.483. The number of para-hydroxylation sites is 2. The van der Waals surface area contributed by atoms with E-state index in [0.29, 0.717) is 24.7 Å². The van der Waals surface area contributed by atoms with Crippen LogP contribution >= 0.6 is 11.8 Å². The number of thioether (sulfide) groups is 1. The van der Waals surface area contributed by atoms with Crippen LogP contribution in [0.2, 0.25) is 0 Å². The standard InChI is InChI=1S/C14H15N3O2S/c1-9(18)20-8-10-6-13(19)17(7-10)14-15-11-4-2-3-5-12(11)16-14/h2-5,10H,6-8H2,1H3,(H,15,16). The summed E-state index contributed by atoms with van der Waals surface area (Å²) in [4.78, 5) is 32.4. The van der Waals surface area contributed by atoms with Gasteiger partial charge in [0.25, 0.3) is 0 Å². The number of imidazole rings is 1. The summed E-state index contributed by atoms with van der Waals surface area (Å²) in [5.74, 6) is 1.58. The average Bonchev–Trinajstić information content (AvgIpc) is 2.99. The van der Waals surface area contributed by atoms with Crippen molar-refractivity contribution in [3.63, 3.8) is 0 Å². The zero-order valence-corrected chi connectivity index (χ0v) is 11.9. The van der Waals surface area contributed by atoms with Crippen molar-refractivity contribution in [2.45, 2.75) is 13.3 Å². The quantitative estimate of drug-likeness (QED) is 0.940. The molecule has 1 aliphatic heterocycles. The number of H-pyrrole nitrogens is 1. The third-order valence-electron chi connectivity index (χ3n) is 3.36. The highest BCUT2D eigenvalue weighted by molar-refractivity contribution is 8.13. The summed E-state index contributed by atoms with van der Waals surface area (Å²) in [5.41, 5.74) is 1.79. The molecular weight excluding hydrogens is 274 g/mol.